The molecule has 0 bridgehead atoms. The molecule has 0 radical (unpaired) electrons. The molecule has 0 fully saturated rings. The fourth-order valence-corrected chi connectivity index (χ4v) is 1.94. The van der Waals surface area contributed by atoms with Gasteiger partial charge in [-0.1, -0.05) is 7.43 Å². The molecule has 2 aromatic carbocycles. The summed E-state index contributed by atoms with van der Waals surface area (Å²) in [5.74, 6) is -4.39. The standard InChI is InChI=1S/C10H10O5.C8H6O5.CH4.Li.H2O/c1-14-9(12)6-3-7(10(13)15-2)5-8(11)4-6;9-6-2-4(7(10)11)1-5(3-6)8(12)13;;;/h3-5,11H,1-2H3;1-3,9H,(H,10,11)(H,12,13);1H4;;1H2/q;;;+1;/p-1. The number of carbonyl (C=O) groups is 4. The Kier molecular flexibility index (Phi) is 15.0. The van der Waals surface area contributed by atoms with Gasteiger partial charge in [-0.15, -0.1) is 0 Å². The molecule has 11 nitrogen and oxygen atoms in total. The van der Waals surface area contributed by atoms with Crippen LogP contribution in [0.1, 0.15) is 48.9 Å². The molecule has 0 aromatic heterocycles. The van der Waals surface area contributed by atoms with E-state index in [4.69, 9.17) is 15.3 Å². The summed E-state index contributed by atoms with van der Waals surface area (Å²) in [6.45, 7) is 0. The van der Waals surface area contributed by atoms with Gasteiger partial charge < -0.3 is 35.4 Å². The maximum absolute atomic E-state index is 11.1. The third-order valence-electron chi connectivity index (χ3n) is 3.17. The number of ether oxygens (including phenoxy) is 2. The zero-order valence-corrected chi connectivity index (χ0v) is 16.1. The first-order valence-electron chi connectivity index (χ1n) is 7.40. The number of carbonyl (C=O) groups excluding carboxylic acids is 2. The maximum atomic E-state index is 11.1. The van der Waals surface area contributed by atoms with Gasteiger partial charge in [0.2, 0.25) is 0 Å². The number of aromatic carboxylic acids is 2. The van der Waals surface area contributed by atoms with E-state index in [0.717, 1.165) is 18.2 Å². The molecule has 12 heteroatoms. The van der Waals surface area contributed by atoms with E-state index < -0.39 is 23.9 Å². The maximum Gasteiger partial charge on any atom is 1.00 e. The molecular weight excluding hydrogens is 411 g/mol. The molecule has 0 aliphatic heterocycles. The van der Waals surface area contributed by atoms with Gasteiger partial charge >= 0.3 is 42.7 Å². The number of benzene rings is 2. The topological polar surface area (TPSA) is 198 Å². The molecule has 0 heterocycles. The molecule has 2 rings (SSSR count). The molecular formula is C19H21LiO11. The van der Waals surface area contributed by atoms with Crippen LogP contribution in [0.25, 0.3) is 0 Å². The molecule has 0 spiro atoms. The van der Waals surface area contributed by atoms with Gasteiger partial charge in [-0.3, -0.25) is 0 Å². The van der Waals surface area contributed by atoms with Crippen molar-refractivity contribution < 1.29 is 73.4 Å². The van der Waals surface area contributed by atoms with Crippen LogP contribution < -0.4 is 18.9 Å². The zero-order chi connectivity index (χ0) is 21.4. The minimum atomic E-state index is -1.28. The third kappa shape index (κ3) is 9.68. The Morgan fingerprint density at radius 2 is 0.903 bits per heavy atom. The average molecular weight is 432 g/mol. The van der Waals surface area contributed by atoms with Crippen LogP contribution in [0.5, 0.6) is 11.5 Å². The summed E-state index contributed by atoms with van der Waals surface area (Å²) in [4.78, 5) is 43.1. The van der Waals surface area contributed by atoms with Crippen LogP contribution in [-0.2, 0) is 9.47 Å². The molecule has 0 amide bonds. The number of hydrogen-bond acceptors (Lipinski definition) is 9. The molecule has 0 saturated carbocycles. The minimum Gasteiger partial charge on any atom is -0.870 e. The summed E-state index contributed by atoms with van der Waals surface area (Å²) in [7, 11) is 2.42. The van der Waals surface area contributed by atoms with E-state index in [2.05, 4.69) is 9.47 Å². The Bertz CT molecular complexity index is 859. The molecule has 0 saturated heterocycles. The summed E-state index contributed by atoms with van der Waals surface area (Å²) < 4.78 is 8.91. The van der Waals surface area contributed by atoms with Gasteiger partial charge in [0.25, 0.3) is 0 Å². The van der Waals surface area contributed by atoms with Gasteiger partial charge in [-0.25, -0.2) is 19.2 Å². The fraction of sp³-hybridized carbons (Fsp3) is 0.158. The van der Waals surface area contributed by atoms with E-state index in [1.807, 2.05) is 0 Å². The Labute approximate surface area is 189 Å². The predicted molar refractivity (Wildman–Crippen MR) is 101 cm³/mol. The fourth-order valence-electron chi connectivity index (χ4n) is 1.94. The molecule has 31 heavy (non-hydrogen) atoms. The van der Waals surface area contributed by atoms with Crippen molar-refractivity contribution in [3.8, 4) is 11.5 Å². The van der Waals surface area contributed by atoms with Crippen molar-refractivity contribution in [2.24, 2.45) is 0 Å². The van der Waals surface area contributed by atoms with Crippen molar-refractivity contribution in [1.82, 2.24) is 0 Å². The Morgan fingerprint density at radius 1 is 0.645 bits per heavy atom. The van der Waals surface area contributed by atoms with Gasteiger partial charge in [0.05, 0.1) is 36.5 Å². The minimum absolute atomic E-state index is 0. The SMILES string of the molecule is C.COC(=O)c1cc(O)cc(C(=O)OC)c1.O=C(O)c1cc(O)cc(C(=O)O)c1.[Li+].[OH-]. The summed E-state index contributed by atoms with van der Waals surface area (Å²) in [6.07, 6.45) is 0. The smallest absolute Gasteiger partial charge is 0.870 e. The van der Waals surface area contributed by atoms with Crippen molar-refractivity contribution in [2.75, 3.05) is 14.2 Å². The number of carboxylic acid groups (broad SMARTS) is 2. The second-order valence-electron chi connectivity index (χ2n) is 5.13. The number of methoxy groups -OCH3 is 2. The molecule has 0 atom stereocenters. The number of aromatic hydroxyl groups is 2. The molecule has 0 aliphatic carbocycles. The van der Waals surface area contributed by atoms with Crippen LogP contribution in [0.3, 0.4) is 0 Å². The van der Waals surface area contributed by atoms with Gasteiger partial charge in [-0.05, 0) is 36.4 Å². The van der Waals surface area contributed by atoms with Crippen molar-refractivity contribution in [2.45, 2.75) is 7.43 Å². The van der Waals surface area contributed by atoms with Gasteiger partial charge in [0.15, 0.2) is 0 Å². The quantitative estimate of drug-likeness (QED) is 0.349. The first-order chi connectivity index (χ1) is 13.1. The summed E-state index contributed by atoms with van der Waals surface area (Å²) in [5, 5.41) is 35.3. The van der Waals surface area contributed by atoms with Gasteiger partial charge in [0.1, 0.15) is 11.5 Å². The normalized spacial score (nSPS) is 8.58. The Balaban J connectivity index is -0.000000465. The second kappa shape index (κ2) is 14.5. The monoisotopic (exact) mass is 432 g/mol. The number of phenolic OH excluding ortho intramolecular Hbond substituents is 2. The van der Waals surface area contributed by atoms with Crippen molar-refractivity contribution >= 4 is 23.9 Å². The van der Waals surface area contributed by atoms with Crippen LogP contribution in [0.4, 0.5) is 0 Å². The van der Waals surface area contributed by atoms with Crippen molar-refractivity contribution in [3.05, 3.63) is 58.7 Å². The van der Waals surface area contributed by atoms with E-state index in [-0.39, 0.29) is 65.5 Å². The van der Waals surface area contributed by atoms with Crippen LogP contribution in [0, 0.1) is 0 Å². The van der Waals surface area contributed by atoms with E-state index >= 15 is 0 Å². The number of esters is 2. The molecule has 0 aliphatic rings. The van der Waals surface area contributed by atoms with Crippen LogP contribution in [0.15, 0.2) is 36.4 Å². The third-order valence-corrected chi connectivity index (χ3v) is 3.17. The van der Waals surface area contributed by atoms with E-state index in [1.165, 1.54) is 32.4 Å². The van der Waals surface area contributed by atoms with Crippen molar-refractivity contribution in [1.29, 1.82) is 0 Å². The average Bonchev–Trinajstić information content (AvgIpc) is 2.66. The van der Waals surface area contributed by atoms with Crippen molar-refractivity contribution in [3.63, 3.8) is 0 Å². The summed E-state index contributed by atoms with van der Waals surface area (Å²) in [6, 6.07) is 6.64. The second-order valence-corrected chi connectivity index (χ2v) is 5.13. The van der Waals surface area contributed by atoms with E-state index in [0.29, 0.717) is 0 Å². The van der Waals surface area contributed by atoms with Crippen LogP contribution in [0.2, 0.25) is 0 Å². The molecule has 5 N–H and O–H groups in total. The summed E-state index contributed by atoms with van der Waals surface area (Å²) >= 11 is 0. The predicted octanol–water partition coefficient (Wildman–Crippen LogP) is -0.783. The van der Waals surface area contributed by atoms with Crippen LogP contribution >= 0.6 is 0 Å². The first-order valence-corrected chi connectivity index (χ1v) is 7.40. The zero-order valence-electron chi connectivity index (χ0n) is 16.1. The molecule has 2 aromatic rings. The summed E-state index contributed by atoms with van der Waals surface area (Å²) in [5.41, 5.74) is -0.314. The Hall–Kier alpha value is -3.52. The first kappa shape index (κ1) is 32.2. The van der Waals surface area contributed by atoms with E-state index in [1.54, 1.807) is 0 Å². The number of carboxylic acids is 2. The molecule has 164 valence electrons. The van der Waals surface area contributed by atoms with Gasteiger partial charge in [0, 0.05) is 0 Å². The number of hydrogen-bond donors (Lipinski definition) is 4. The largest absolute Gasteiger partial charge is 1.00 e. The van der Waals surface area contributed by atoms with E-state index in [9.17, 15) is 24.3 Å². The Morgan fingerprint density at radius 3 is 1.16 bits per heavy atom. The number of rotatable bonds is 4. The molecule has 0 unspecified atom stereocenters. The van der Waals surface area contributed by atoms with Crippen LogP contribution in [-0.4, -0.2) is 64.0 Å². The van der Waals surface area contributed by atoms with Gasteiger partial charge in [-0.2, -0.15) is 0 Å². The number of phenols is 2.